The molecule has 21 heavy (non-hydrogen) atoms. The summed E-state index contributed by atoms with van der Waals surface area (Å²) >= 11 is 0. The summed E-state index contributed by atoms with van der Waals surface area (Å²) in [7, 11) is 0. The van der Waals surface area contributed by atoms with Gasteiger partial charge >= 0.3 is 0 Å². The maximum Gasteiger partial charge on any atom is 0.278 e. The Bertz CT molecular complexity index is 673. The lowest BCUT2D eigenvalue weighted by molar-refractivity contribution is 0.0315. The van der Waals surface area contributed by atoms with E-state index in [0.717, 1.165) is 0 Å². The van der Waals surface area contributed by atoms with Gasteiger partial charge in [-0.2, -0.15) is 0 Å². The highest BCUT2D eigenvalue weighted by Gasteiger charge is 2.44. The molecule has 2 fully saturated rings. The second-order valence-corrected chi connectivity index (χ2v) is 5.85. The molecule has 8 heteroatoms. The molecule has 2 saturated heterocycles. The standard InChI is InChI=1S/C13H16N4O4/c18-8-3-7-4-16-10(6-15(7)5-8)14-17-2-1-9(19)12(20)11(17)13(16)21/h1-2,7-8,10,14,18,20H,3-6H2/t7?,8?,10-/m0/s1. The summed E-state index contributed by atoms with van der Waals surface area (Å²) in [6.07, 6.45) is 1.51. The number of nitrogens with zero attached hydrogens (tertiary/aromatic N) is 3. The molecule has 4 heterocycles. The highest BCUT2D eigenvalue weighted by molar-refractivity contribution is 5.96. The van der Waals surface area contributed by atoms with Crippen molar-refractivity contribution in [3.63, 3.8) is 0 Å². The number of aromatic nitrogens is 1. The first kappa shape index (κ1) is 12.7. The van der Waals surface area contributed by atoms with E-state index in [0.29, 0.717) is 26.1 Å². The van der Waals surface area contributed by atoms with E-state index in [2.05, 4.69) is 10.3 Å². The number of rotatable bonds is 0. The Hall–Kier alpha value is -2.06. The molecular formula is C13H16N4O4. The monoisotopic (exact) mass is 292 g/mol. The minimum Gasteiger partial charge on any atom is -0.502 e. The molecule has 3 atom stereocenters. The van der Waals surface area contributed by atoms with Crippen LogP contribution < -0.4 is 10.9 Å². The molecule has 0 radical (unpaired) electrons. The Kier molecular flexibility index (Phi) is 2.54. The second kappa shape index (κ2) is 4.22. The number of carbonyl (C=O) groups excluding carboxylic acids is 1. The molecule has 4 rings (SSSR count). The molecule has 0 aliphatic carbocycles. The fraction of sp³-hybridized carbons (Fsp3) is 0.538. The van der Waals surface area contributed by atoms with Crippen molar-refractivity contribution >= 4 is 5.91 Å². The number of pyridine rings is 1. The van der Waals surface area contributed by atoms with E-state index in [1.807, 2.05) is 0 Å². The number of piperazine rings is 1. The van der Waals surface area contributed by atoms with Crippen molar-refractivity contribution in [3.05, 3.63) is 28.2 Å². The van der Waals surface area contributed by atoms with E-state index < -0.39 is 11.2 Å². The summed E-state index contributed by atoms with van der Waals surface area (Å²) in [5.41, 5.74) is 2.54. The van der Waals surface area contributed by atoms with Gasteiger partial charge in [-0.15, -0.1) is 0 Å². The van der Waals surface area contributed by atoms with E-state index >= 15 is 0 Å². The van der Waals surface area contributed by atoms with Crippen molar-refractivity contribution in [2.75, 3.05) is 25.1 Å². The first-order valence-electron chi connectivity index (χ1n) is 6.99. The molecule has 2 unspecified atom stereocenters. The van der Waals surface area contributed by atoms with Gasteiger partial charge in [0, 0.05) is 37.9 Å². The average Bonchev–Trinajstić information content (AvgIpc) is 2.80. The van der Waals surface area contributed by atoms with E-state index in [9.17, 15) is 19.8 Å². The van der Waals surface area contributed by atoms with Gasteiger partial charge in [-0.3, -0.25) is 19.2 Å². The van der Waals surface area contributed by atoms with Gasteiger partial charge in [-0.05, 0) is 6.42 Å². The van der Waals surface area contributed by atoms with Crippen molar-refractivity contribution in [1.82, 2.24) is 14.5 Å². The number of aliphatic hydroxyl groups excluding tert-OH is 1. The number of amides is 1. The molecule has 0 bridgehead atoms. The van der Waals surface area contributed by atoms with Crippen LogP contribution in [0, 0.1) is 0 Å². The molecule has 3 N–H and O–H groups in total. The third-order valence-electron chi connectivity index (χ3n) is 4.52. The van der Waals surface area contributed by atoms with Crippen LogP contribution in [0.4, 0.5) is 0 Å². The fourth-order valence-corrected chi connectivity index (χ4v) is 3.52. The highest BCUT2D eigenvalue weighted by Crippen LogP contribution is 2.28. The van der Waals surface area contributed by atoms with Gasteiger partial charge < -0.3 is 20.5 Å². The Balaban J connectivity index is 1.72. The SMILES string of the molecule is O=C1c2c(O)c(=O)ccn2N[C@@H]2CN3CC(O)CC3CN12. The summed E-state index contributed by atoms with van der Waals surface area (Å²) in [6.45, 7) is 1.71. The van der Waals surface area contributed by atoms with Gasteiger partial charge in [0.1, 0.15) is 6.17 Å². The molecule has 3 aliphatic rings. The number of hydrogen-bond acceptors (Lipinski definition) is 6. The number of aromatic hydroxyl groups is 1. The molecule has 0 spiro atoms. The van der Waals surface area contributed by atoms with Crippen LogP contribution in [0.2, 0.25) is 0 Å². The Morgan fingerprint density at radius 3 is 2.86 bits per heavy atom. The van der Waals surface area contributed by atoms with Crippen molar-refractivity contribution in [1.29, 1.82) is 0 Å². The number of fused-ring (bicyclic) bond motifs is 3. The Labute approximate surface area is 120 Å². The van der Waals surface area contributed by atoms with Gasteiger partial charge in [0.05, 0.1) is 6.10 Å². The highest BCUT2D eigenvalue weighted by atomic mass is 16.3. The van der Waals surface area contributed by atoms with Crippen LogP contribution in [0.3, 0.4) is 0 Å². The normalized spacial score (nSPS) is 31.4. The van der Waals surface area contributed by atoms with Crippen LogP contribution >= 0.6 is 0 Å². The van der Waals surface area contributed by atoms with Gasteiger partial charge in [0.2, 0.25) is 5.43 Å². The van der Waals surface area contributed by atoms with Crippen LogP contribution in [0.5, 0.6) is 5.75 Å². The lowest BCUT2D eigenvalue weighted by Crippen LogP contribution is -2.64. The number of nitrogens with one attached hydrogen (secondary N) is 1. The molecule has 1 aromatic heterocycles. The van der Waals surface area contributed by atoms with Crippen molar-refractivity contribution in [2.24, 2.45) is 0 Å². The average molecular weight is 292 g/mol. The lowest BCUT2D eigenvalue weighted by atomic mass is 10.1. The molecule has 0 saturated carbocycles. The second-order valence-electron chi connectivity index (χ2n) is 5.85. The maximum atomic E-state index is 12.6. The van der Waals surface area contributed by atoms with Crippen LogP contribution in [0.1, 0.15) is 16.9 Å². The summed E-state index contributed by atoms with van der Waals surface area (Å²) < 4.78 is 1.41. The summed E-state index contributed by atoms with van der Waals surface area (Å²) in [5.74, 6) is -0.877. The summed E-state index contributed by atoms with van der Waals surface area (Å²) in [5, 5.41) is 19.6. The van der Waals surface area contributed by atoms with E-state index in [1.54, 1.807) is 4.90 Å². The van der Waals surface area contributed by atoms with E-state index in [4.69, 9.17) is 0 Å². The third-order valence-corrected chi connectivity index (χ3v) is 4.52. The zero-order chi connectivity index (χ0) is 14.7. The molecule has 8 nitrogen and oxygen atoms in total. The van der Waals surface area contributed by atoms with Crippen molar-refractivity contribution in [2.45, 2.75) is 24.7 Å². The molecule has 112 valence electrons. The quantitative estimate of drug-likeness (QED) is 0.529. The van der Waals surface area contributed by atoms with Gasteiger partial charge in [0.25, 0.3) is 5.91 Å². The van der Waals surface area contributed by atoms with Gasteiger partial charge in [0.15, 0.2) is 11.4 Å². The molecular weight excluding hydrogens is 276 g/mol. The zero-order valence-corrected chi connectivity index (χ0v) is 11.3. The number of carbonyl (C=O) groups is 1. The van der Waals surface area contributed by atoms with Crippen LogP contribution in [-0.4, -0.2) is 68.5 Å². The van der Waals surface area contributed by atoms with Crippen LogP contribution in [0.15, 0.2) is 17.1 Å². The van der Waals surface area contributed by atoms with Gasteiger partial charge in [-0.25, -0.2) is 0 Å². The molecule has 3 aliphatic heterocycles. The molecule has 1 aromatic rings. The predicted molar refractivity (Wildman–Crippen MR) is 72.5 cm³/mol. The largest absolute Gasteiger partial charge is 0.502 e. The minimum absolute atomic E-state index is 0.0225. The third kappa shape index (κ3) is 1.76. The van der Waals surface area contributed by atoms with Crippen LogP contribution in [0.25, 0.3) is 0 Å². The first-order valence-corrected chi connectivity index (χ1v) is 6.99. The Morgan fingerprint density at radius 1 is 1.24 bits per heavy atom. The topological polar surface area (TPSA) is 98.0 Å². The maximum absolute atomic E-state index is 12.6. The fourth-order valence-electron chi connectivity index (χ4n) is 3.52. The summed E-state index contributed by atoms with van der Waals surface area (Å²) in [4.78, 5) is 27.9. The van der Waals surface area contributed by atoms with Crippen molar-refractivity contribution < 1.29 is 15.0 Å². The number of aliphatic hydroxyl groups is 1. The van der Waals surface area contributed by atoms with Gasteiger partial charge in [-0.1, -0.05) is 0 Å². The smallest absolute Gasteiger partial charge is 0.278 e. The lowest BCUT2D eigenvalue weighted by Gasteiger charge is -2.46. The first-order chi connectivity index (χ1) is 10.0. The minimum atomic E-state index is -0.565. The summed E-state index contributed by atoms with van der Waals surface area (Å²) in [6, 6.07) is 1.35. The molecule has 1 amide bonds. The molecule has 0 aromatic carbocycles. The predicted octanol–water partition coefficient (Wildman–Crippen LogP) is -1.67. The van der Waals surface area contributed by atoms with E-state index in [-0.39, 0.29) is 29.9 Å². The Morgan fingerprint density at radius 2 is 2.05 bits per heavy atom. The van der Waals surface area contributed by atoms with Crippen LogP contribution in [-0.2, 0) is 0 Å². The van der Waals surface area contributed by atoms with Crippen molar-refractivity contribution in [3.8, 4) is 5.75 Å². The number of hydrogen-bond donors (Lipinski definition) is 3. The zero-order valence-electron chi connectivity index (χ0n) is 11.3. The van der Waals surface area contributed by atoms with E-state index in [1.165, 1.54) is 16.9 Å².